The zero-order valence-corrected chi connectivity index (χ0v) is 22.1. The van der Waals surface area contributed by atoms with E-state index in [9.17, 15) is 24.0 Å². The Morgan fingerprint density at radius 3 is 2.34 bits per heavy atom. The molecular weight excluding hydrogens is 506 g/mol. The van der Waals surface area contributed by atoms with E-state index in [2.05, 4.69) is 12.2 Å². The van der Waals surface area contributed by atoms with Crippen molar-refractivity contribution >= 4 is 52.5 Å². The lowest BCUT2D eigenvalue weighted by Gasteiger charge is -2.31. The molecular formula is C28H29N3O6S. The molecule has 2 saturated heterocycles. The number of anilines is 1. The van der Waals surface area contributed by atoms with E-state index in [1.165, 1.54) is 12.1 Å². The van der Waals surface area contributed by atoms with Gasteiger partial charge in [-0.05, 0) is 73.4 Å². The number of imide groups is 1. The summed E-state index contributed by atoms with van der Waals surface area (Å²) in [6, 6.07) is 13.5. The maximum Gasteiger partial charge on any atom is 0.338 e. The average Bonchev–Trinajstić information content (AvgIpc) is 3.16. The first-order valence-electron chi connectivity index (χ1n) is 12.4. The van der Waals surface area contributed by atoms with Crippen molar-refractivity contribution < 1.29 is 28.7 Å². The molecule has 4 rings (SSSR count). The third-order valence-electron chi connectivity index (χ3n) is 6.42. The average molecular weight is 536 g/mol. The summed E-state index contributed by atoms with van der Waals surface area (Å²) in [4.78, 5) is 65.1. The van der Waals surface area contributed by atoms with Gasteiger partial charge in [-0.2, -0.15) is 0 Å². The van der Waals surface area contributed by atoms with Crippen LogP contribution in [0, 0.1) is 12.8 Å². The molecule has 198 valence electrons. The summed E-state index contributed by atoms with van der Waals surface area (Å²) in [6.45, 7) is 4.66. The number of likely N-dealkylation sites (tertiary alicyclic amines) is 1. The van der Waals surface area contributed by atoms with E-state index in [-0.39, 0.29) is 22.9 Å². The lowest BCUT2D eigenvalue weighted by atomic mass is 9.99. The van der Waals surface area contributed by atoms with Crippen molar-refractivity contribution in [1.82, 2.24) is 9.80 Å². The monoisotopic (exact) mass is 535 g/mol. The van der Waals surface area contributed by atoms with Crippen molar-refractivity contribution in [1.29, 1.82) is 0 Å². The van der Waals surface area contributed by atoms with E-state index in [4.69, 9.17) is 4.74 Å². The number of rotatable bonds is 7. The third kappa shape index (κ3) is 6.89. The number of hydrogen-bond acceptors (Lipinski definition) is 7. The van der Waals surface area contributed by atoms with Gasteiger partial charge in [0.05, 0.1) is 10.5 Å². The Labute approximate surface area is 225 Å². The fourth-order valence-corrected chi connectivity index (χ4v) is 4.88. The molecule has 4 amide bonds. The number of hydrogen-bond donors (Lipinski definition) is 1. The summed E-state index contributed by atoms with van der Waals surface area (Å²) in [7, 11) is 0. The van der Waals surface area contributed by atoms with Gasteiger partial charge in [0.1, 0.15) is 6.54 Å². The molecule has 0 unspecified atom stereocenters. The quantitative estimate of drug-likeness (QED) is 0.420. The Bertz CT molecular complexity index is 1260. The first kappa shape index (κ1) is 27.1. The van der Waals surface area contributed by atoms with Crippen LogP contribution in [0.2, 0.25) is 0 Å². The molecule has 0 bridgehead atoms. The molecule has 10 heteroatoms. The van der Waals surface area contributed by atoms with Crippen molar-refractivity contribution in [2.75, 3.05) is 31.6 Å². The van der Waals surface area contributed by atoms with Crippen molar-refractivity contribution in [2.45, 2.75) is 26.7 Å². The second-order valence-electron chi connectivity index (χ2n) is 9.44. The predicted molar refractivity (Wildman–Crippen MR) is 144 cm³/mol. The molecule has 2 heterocycles. The Balaban J connectivity index is 1.30. The standard InChI is InChI=1S/C28H29N3O6S/c1-18-3-9-22(10-4-18)29-24(32)17-37-27(35)21-7-5-20(6-8-21)15-23-26(34)31(28(36)38-23)16-25(33)30-13-11-19(2)12-14-30/h3-10,15,19H,11-14,16-17H2,1-2H3,(H,29,32)/b23-15-. The van der Waals surface area contributed by atoms with E-state index in [0.29, 0.717) is 30.3 Å². The summed E-state index contributed by atoms with van der Waals surface area (Å²) in [5.74, 6) is -1.29. The first-order chi connectivity index (χ1) is 18.2. The number of aryl methyl sites for hydroxylation is 1. The third-order valence-corrected chi connectivity index (χ3v) is 7.32. The number of amides is 4. The molecule has 2 aliphatic heterocycles. The minimum atomic E-state index is -0.665. The Morgan fingerprint density at radius 2 is 1.68 bits per heavy atom. The van der Waals surface area contributed by atoms with Crippen molar-refractivity contribution in [3.63, 3.8) is 0 Å². The Hall–Kier alpha value is -3.92. The highest BCUT2D eigenvalue weighted by Crippen LogP contribution is 2.32. The minimum absolute atomic E-state index is 0.207. The van der Waals surface area contributed by atoms with Gasteiger partial charge in [-0.3, -0.25) is 24.1 Å². The summed E-state index contributed by atoms with van der Waals surface area (Å²) in [5.41, 5.74) is 2.50. The summed E-state index contributed by atoms with van der Waals surface area (Å²) < 4.78 is 5.09. The maximum absolute atomic E-state index is 12.8. The van der Waals surface area contributed by atoms with E-state index in [1.807, 2.05) is 19.1 Å². The van der Waals surface area contributed by atoms with E-state index >= 15 is 0 Å². The van der Waals surface area contributed by atoms with Gasteiger partial charge in [-0.15, -0.1) is 0 Å². The van der Waals surface area contributed by atoms with Crippen LogP contribution in [-0.2, 0) is 19.1 Å². The number of piperidine rings is 1. The fourth-order valence-electron chi connectivity index (χ4n) is 4.04. The number of thioether (sulfide) groups is 1. The van der Waals surface area contributed by atoms with Gasteiger partial charge >= 0.3 is 5.97 Å². The van der Waals surface area contributed by atoms with Gasteiger partial charge in [-0.25, -0.2) is 4.79 Å². The molecule has 0 atom stereocenters. The number of ether oxygens (including phenoxy) is 1. The molecule has 0 radical (unpaired) electrons. The number of carbonyl (C=O) groups excluding carboxylic acids is 5. The van der Waals surface area contributed by atoms with Crippen LogP contribution in [-0.4, -0.2) is 65.0 Å². The van der Waals surface area contributed by atoms with Crippen LogP contribution in [0.1, 0.15) is 41.3 Å². The molecule has 2 fully saturated rings. The summed E-state index contributed by atoms with van der Waals surface area (Å²) in [6.07, 6.45) is 3.37. The number of esters is 1. The predicted octanol–water partition coefficient (Wildman–Crippen LogP) is 4.09. The summed E-state index contributed by atoms with van der Waals surface area (Å²) in [5, 5.41) is 2.17. The van der Waals surface area contributed by atoms with Crippen LogP contribution >= 0.6 is 11.8 Å². The normalized spacial score (nSPS) is 17.2. The van der Waals surface area contributed by atoms with E-state index in [1.54, 1.807) is 35.2 Å². The van der Waals surface area contributed by atoms with Gasteiger partial charge < -0.3 is 15.0 Å². The van der Waals surface area contributed by atoms with Gasteiger partial charge in [0.2, 0.25) is 5.91 Å². The molecule has 0 aliphatic carbocycles. The lowest BCUT2D eigenvalue weighted by molar-refractivity contribution is -0.136. The highest BCUT2D eigenvalue weighted by Gasteiger charge is 2.37. The van der Waals surface area contributed by atoms with Crippen LogP contribution in [0.3, 0.4) is 0 Å². The number of benzene rings is 2. The largest absolute Gasteiger partial charge is 0.452 e. The zero-order valence-electron chi connectivity index (χ0n) is 21.3. The minimum Gasteiger partial charge on any atom is -0.452 e. The van der Waals surface area contributed by atoms with Crippen LogP contribution in [0.4, 0.5) is 10.5 Å². The Kier molecular flexibility index (Phi) is 8.62. The second-order valence-corrected chi connectivity index (χ2v) is 10.4. The highest BCUT2D eigenvalue weighted by molar-refractivity contribution is 8.18. The van der Waals surface area contributed by atoms with Crippen molar-refractivity contribution in [3.8, 4) is 0 Å². The topological polar surface area (TPSA) is 113 Å². The maximum atomic E-state index is 12.8. The van der Waals surface area contributed by atoms with Crippen molar-refractivity contribution in [3.05, 3.63) is 70.1 Å². The molecule has 38 heavy (non-hydrogen) atoms. The van der Waals surface area contributed by atoms with E-state index in [0.717, 1.165) is 35.1 Å². The lowest BCUT2D eigenvalue weighted by Crippen LogP contribution is -2.45. The smallest absolute Gasteiger partial charge is 0.338 e. The zero-order chi connectivity index (χ0) is 27.2. The van der Waals surface area contributed by atoms with Crippen LogP contribution in [0.5, 0.6) is 0 Å². The molecule has 1 N–H and O–H groups in total. The van der Waals surface area contributed by atoms with Gasteiger partial charge in [0, 0.05) is 18.8 Å². The molecule has 2 aromatic rings. The molecule has 2 aromatic carbocycles. The molecule has 9 nitrogen and oxygen atoms in total. The second kappa shape index (κ2) is 12.1. The van der Waals surface area contributed by atoms with Crippen LogP contribution in [0.25, 0.3) is 6.08 Å². The molecule has 0 aromatic heterocycles. The molecule has 0 spiro atoms. The van der Waals surface area contributed by atoms with Crippen LogP contribution in [0.15, 0.2) is 53.4 Å². The Morgan fingerprint density at radius 1 is 1.03 bits per heavy atom. The first-order valence-corrected chi connectivity index (χ1v) is 13.2. The number of nitrogens with zero attached hydrogens (tertiary/aromatic N) is 2. The fraction of sp³-hybridized carbons (Fsp3) is 0.321. The van der Waals surface area contributed by atoms with Gasteiger partial charge in [0.25, 0.3) is 17.1 Å². The van der Waals surface area contributed by atoms with Gasteiger partial charge in [0.15, 0.2) is 6.61 Å². The number of nitrogens with one attached hydrogen (secondary N) is 1. The number of carbonyl (C=O) groups is 5. The summed E-state index contributed by atoms with van der Waals surface area (Å²) >= 11 is 0.781. The SMILES string of the molecule is Cc1ccc(NC(=O)COC(=O)c2ccc(/C=C3\SC(=O)N(CC(=O)N4CCC(C)CC4)C3=O)cc2)cc1. The molecule has 2 aliphatic rings. The van der Waals surface area contributed by atoms with Gasteiger partial charge in [-0.1, -0.05) is 36.8 Å². The molecule has 0 saturated carbocycles. The highest BCUT2D eigenvalue weighted by atomic mass is 32.2. The van der Waals surface area contributed by atoms with E-state index < -0.39 is 29.6 Å². The van der Waals surface area contributed by atoms with Crippen molar-refractivity contribution in [2.24, 2.45) is 5.92 Å². The van der Waals surface area contributed by atoms with Crippen LogP contribution < -0.4 is 5.32 Å².